The van der Waals surface area contributed by atoms with Crippen molar-refractivity contribution in [3.63, 3.8) is 0 Å². The summed E-state index contributed by atoms with van der Waals surface area (Å²) in [6.07, 6.45) is 4.87. The van der Waals surface area contributed by atoms with Crippen molar-refractivity contribution in [3.05, 3.63) is 0 Å². The first-order valence-electron chi connectivity index (χ1n) is 8.02. The predicted octanol–water partition coefficient (Wildman–Crippen LogP) is 0.711. The molecule has 6 nitrogen and oxygen atoms in total. The largest absolute Gasteiger partial charge is 0.377 e. The Labute approximate surface area is 128 Å². The van der Waals surface area contributed by atoms with Crippen LogP contribution in [0.2, 0.25) is 0 Å². The Morgan fingerprint density at radius 1 is 1.29 bits per heavy atom. The van der Waals surface area contributed by atoms with Gasteiger partial charge in [-0.25, -0.2) is 0 Å². The first-order valence-corrected chi connectivity index (χ1v) is 9.46. The highest BCUT2D eigenvalue weighted by Crippen LogP contribution is 2.34. The van der Waals surface area contributed by atoms with E-state index in [4.69, 9.17) is 4.74 Å². The van der Waals surface area contributed by atoms with Gasteiger partial charge in [0.1, 0.15) is 0 Å². The van der Waals surface area contributed by atoms with Crippen LogP contribution >= 0.6 is 0 Å². The fraction of sp³-hybridized carbons (Fsp3) is 1.00. The van der Waals surface area contributed by atoms with Gasteiger partial charge in [-0.3, -0.25) is 0 Å². The Kier molecular flexibility index (Phi) is 6.02. The molecule has 2 N–H and O–H groups in total. The molecule has 1 saturated heterocycles. The third kappa shape index (κ3) is 4.39. The van der Waals surface area contributed by atoms with Crippen molar-refractivity contribution in [1.29, 1.82) is 0 Å². The molecule has 0 aromatic carbocycles. The van der Waals surface area contributed by atoms with Crippen molar-refractivity contribution in [3.8, 4) is 0 Å². The van der Waals surface area contributed by atoms with Crippen LogP contribution in [0.5, 0.6) is 0 Å². The summed E-state index contributed by atoms with van der Waals surface area (Å²) in [5.41, 5.74) is -0.267. The summed E-state index contributed by atoms with van der Waals surface area (Å²) < 4.78 is 34.5. The number of nitrogens with one attached hydrogen (secondary N) is 2. The maximum absolute atomic E-state index is 12.4. The SMILES string of the molecule is CCNCC1CCN(S(=O)(=O)NCC2(OC)CCC2)CC1. The Morgan fingerprint density at radius 2 is 1.95 bits per heavy atom. The summed E-state index contributed by atoms with van der Waals surface area (Å²) in [6, 6.07) is 0. The van der Waals surface area contributed by atoms with Crippen LogP contribution in [0.15, 0.2) is 0 Å². The first kappa shape index (κ1) is 17.1. The van der Waals surface area contributed by atoms with E-state index in [-0.39, 0.29) is 5.60 Å². The van der Waals surface area contributed by atoms with Crippen molar-refractivity contribution in [2.75, 3.05) is 39.8 Å². The fourth-order valence-corrected chi connectivity index (χ4v) is 4.36. The average Bonchev–Trinajstić information content (AvgIpc) is 2.45. The van der Waals surface area contributed by atoms with E-state index in [0.717, 1.165) is 45.2 Å². The number of rotatable bonds is 8. The lowest BCUT2D eigenvalue weighted by Crippen LogP contribution is -2.53. The number of methoxy groups -OCH3 is 1. The third-order valence-corrected chi connectivity index (χ3v) is 6.43. The molecule has 0 bridgehead atoms. The molecule has 2 rings (SSSR count). The molecule has 2 aliphatic rings. The molecule has 0 aromatic heterocycles. The van der Waals surface area contributed by atoms with Gasteiger partial charge in [-0.2, -0.15) is 17.4 Å². The highest BCUT2D eigenvalue weighted by molar-refractivity contribution is 7.87. The van der Waals surface area contributed by atoms with Gasteiger partial charge in [-0.1, -0.05) is 6.92 Å². The molecular weight excluding hydrogens is 290 g/mol. The highest BCUT2D eigenvalue weighted by Gasteiger charge is 2.39. The maximum Gasteiger partial charge on any atom is 0.279 e. The molecule has 21 heavy (non-hydrogen) atoms. The molecule has 0 spiro atoms. The van der Waals surface area contributed by atoms with Crippen LogP contribution in [0, 0.1) is 5.92 Å². The monoisotopic (exact) mass is 319 g/mol. The third-order valence-electron chi connectivity index (χ3n) is 4.87. The lowest BCUT2D eigenvalue weighted by atomic mass is 9.80. The van der Waals surface area contributed by atoms with Crippen LogP contribution < -0.4 is 10.0 Å². The van der Waals surface area contributed by atoms with Gasteiger partial charge in [0, 0.05) is 26.7 Å². The summed E-state index contributed by atoms with van der Waals surface area (Å²) in [7, 11) is -1.70. The lowest BCUT2D eigenvalue weighted by Gasteiger charge is -2.41. The van der Waals surface area contributed by atoms with Gasteiger partial charge in [-0.05, 0) is 51.1 Å². The van der Waals surface area contributed by atoms with Gasteiger partial charge in [0.15, 0.2) is 0 Å². The fourth-order valence-electron chi connectivity index (χ4n) is 3.04. The van der Waals surface area contributed by atoms with Gasteiger partial charge in [0.05, 0.1) is 5.60 Å². The summed E-state index contributed by atoms with van der Waals surface area (Å²) >= 11 is 0. The van der Waals surface area contributed by atoms with Crippen molar-refractivity contribution >= 4 is 10.2 Å². The number of hydrogen-bond donors (Lipinski definition) is 2. The zero-order valence-electron chi connectivity index (χ0n) is 13.2. The number of hydrogen-bond acceptors (Lipinski definition) is 4. The number of ether oxygens (including phenoxy) is 1. The Balaban J connectivity index is 1.78. The van der Waals surface area contributed by atoms with Crippen molar-refractivity contribution in [2.45, 2.75) is 44.6 Å². The second-order valence-electron chi connectivity index (χ2n) is 6.22. The molecule has 1 aliphatic heterocycles. The van der Waals surface area contributed by atoms with E-state index in [1.165, 1.54) is 0 Å². The molecule has 2 fully saturated rings. The molecule has 1 heterocycles. The number of piperidine rings is 1. The predicted molar refractivity (Wildman–Crippen MR) is 83.4 cm³/mol. The second-order valence-corrected chi connectivity index (χ2v) is 7.97. The van der Waals surface area contributed by atoms with E-state index >= 15 is 0 Å². The molecule has 0 unspecified atom stereocenters. The van der Waals surface area contributed by atoms with Gasteiger partial charge in [-0.15, -0.1) is 0 Å². The standard InChI is InChI=1S/C14H29N3O3S/c1-3-15-11-13-5-9-17(10-6-13)21(18,19)16-12-14(20-2)7-4-8-14/h13,15-16H,3-12H2,1-2H3. The number of nitrogens with zero attached hydrogens (tertiary/aromatic N) is 1. The molecule has 0 aromatic rings. The van der Waals surface area contributed by atoms with E-state index in [9.17, 15) is 8.42 Å². The molecule has 0 radical (unpaired) electrons. The quantitative estimate of drug-likeness (QED) is 0.691. The summed E-state index contributed by atoms with van der Waals surface area (Å²) in [5, 5.41) is 3.34. The van der Waals surface area contributed by atoms with Crippen LogP contribution in [-0.2, 0) is 14.9 Å². The highest BCUT2D eigenvalue weighted by atomic mass is 32.2. The Bertz CT molecular complexity index is 410. The van der Waals surface area contributed by atoms with Gasteiger partial charge in [0.2, 0.25) is 0 Å². The minimum absolute atomic E-state index is 0.267. The summed E-state index contributed by atoms with van der Waals surface area (Å²) in [4.78, 5) is 0. The minimum Gasteiger partial charge on any atom is -0.377 e. The maximum atomic E-state index is 12.4. The van der Waals surface area contributed by atoms with E-state index in [1.54, 1.807) is 11.4 Å². The van der Waals surface area contributed by atoms with Gasteiger partial charge in [0.25, 0.3) is 10.2 Å². The Hall–Kier alpha value is -0.210. The zero-order valence-corrected chi connectivity index (χ0v) is 14.0. The minimum atomic E-state index is -3.36. The average molecular weight is 319 g/mol. The summed E-state index contributed by atoms with van der Waals surface area (Å²) in [6.45, 7) is 5.68. The van der Waals surface area contributed by atoms with E-state index < -0.39 is 10.2 Å². The van der Waals surface area contributed by atoms with E-state index in [1.807, 2.05) is 0 Å². The second kappa shape index (κ2) is 7.37. The van der Waals surface area contributed by atoms with Crippen molar-refractivity contribution in [2.24, 2.45) is 5.92 Å². The van der Waals surface area contributed by atoms with Gasteiger partial charge < -0.3 is 10.1 Å². The van der Waals surface area contributed by atoms with Crippen LogP contribution in [0.4, 0.5) is 0 Å². The molecule has 7 heteroatoms. The van der Waals surface area contributed by atoms with Crippen molar-refractivity contribution in [1.82, 2.24) is 14.3 Å². The molecule has 124 valence electrons. The van der Waals surface area contributed by atoms with Crippen LogP contribution in [-0.4, -0.2) is 58.2 Å². The zero-order chi connectivity index (χ0) is 15.3. The first-order chi connectivity index (χ1) is 10.0. The Morgan fingerprint density at radius 3 is 2.43 bits per heavy atom. The van der Waals surface area contributed by atoms with E-state index in [0.29, 0.717) is 25.6 Å². The molecule has 1 saturated carbocycles. The summed E-state index contributed by atoms with van der Waals surface area (Å²) in [5.74, 6) is 0.591. The van der Waals surface area contributed by atoms with Crippen LogP contribution in [0.1, 0.15) is 39.0 Å². The van der Waals surface area contributed by atoms with E-state index in [2.05, 4.69) is 17.0 Å². The van der Waals surface area contributed by atoms with Gasteiger partial charge >= 0.3 is 0 Å². The lowest BCUT2D eigenvalue weighted by molar-refractivity contribution is -0.0661. The van der Waals surface area contributed by atoms with Crippen molar-refractivity contribution < 1.29 is 13.2 Å². The topological polar surface area (TPSA) is 70.7 Å². The molecule has 0 amide bonds. The molecule has 0 atom stereocenters. The molecule has 1 aliphatic carbocycles. The smallest absolute Gasteiger partial charge is 0.279 e. The molecular formula is C14H29N3O3S. The van der Waals surface area contributed by atoms with Crippen LogP contribution in [0.3, 0.4) is 0 Å². The normalized spacial score (nSPS) is 23.9. The van der Waals surface area contributed by atoms with Crippen LogP contribution in [0.25, 0.3) is 0 Å².